The maximum absolute atomic E-state index is 11.1. The predicted octanol–water partition coefficient (Wildman–Crippen LogP) is 1.03. The second-order valence-corrected chi connectivity index (χ2v) is 4.78. The van der Waals surface area contributed by atoms with Crippen molar-refractivity contribution in [1.82, 2.24) is 5.32 Å². The Morgan fingerprint density at radius 1 is 1.50 bits per heavy atom. The number of hydrogen-bond acceptors (Lipinski definition) is 5. The lowest BCUT2D eigenvalue weighted by molar-refractivity contribution is -0.143. The molecule has 0 amide bonds. The molecule has 0 aliphatic carbocycles. The van der Waals surface area contributed by atoms with E-state index >= 15 is 0 Å². The molecule has 0 radical (unpaired) electrons. The first-order chi connectivity index (χ1) is 7.70. The Morgan fingerprint density at radius 2 is 2.25 bits per heavy atom. The van der Waals surface area contributed by atoms with Gasteiger partial charge in [0.05, 0.1) is 13.0 Å². The molecule has 0 rings (SSSR count). The third-order valence-corrected chi connectivity index (χ3v) is 3.03. The lowest BCUT2D eigenvalue weighted by Gasteiger charge is -2.12. The van der Waals surface area contributed by atoms with Crippen molar-refractivity contribution >= 4 is 17.7 Å². The normalized spacial score (nSPS) is 12.4. The first-order valence-corrected chi connectivity index (χ1v) is 6.93. The van der Waals surface area contributed by atoms with Crippen LogP contribution < -0.4 is 5.32 Å². The van der Waals surface area contributed by atoms with Crippen molar-refractivity contribution in [2.45, 2.75) is 32.7 Å². The minimum atomic E-state index is -0.143. The Kier molecular flexibility index (Phi) is 11.0. The summed E-state index contributed by atoms with van der Waals surface area (Å²) in [5.74, 6) is 1.85. The Morgan fingerprint density at radius 3 is 2.88 bits per heavy atom. The summed E-state index contributed by atoms with van der Waals surface area (Å²) < 4.78 is 4.86. The maximum Gasteiger partial charge on any atom is 0.307 e. The van der Waals surface area contributed by atoms with E-state index in [1.54, 1.807) is 0 Å². The molecule has 0 bridgehead atoms. The van der Waals surface area contributed by atoms with Gasteiger partial charge in [-0.25, -0.2) is 0 Å². The van der Waals surface area contributed by atoms with Crippen LogP contribution in [0.3, 0.4) is 0 Å². The van der Waals surface area contributed by atoms with Gasteiger partial charge in [0.15, 0.2) is 0 Å². The number of carbonyl (C=O) groups is 1. The number of ether oxygens (including phenoxy) is 1. The molecule has 1 unspecified atom stereocenters. The van der Waals surface area contributed by atoms with Crippen LogP contribution in [0.5, 0.6) is 0 Å². The molecule has 0 aliphatic heterocycles. The molecule has 5 heteroatoms. The molecule has 0 aromatic rings. The highest BCUT2D eigenvalue weighted by Gasteiger charge is 2.08. The molecular weight excluding hydrogens is 226 g/mol. The summed E-state index contributed by atoms with van der Waals surface area (Å²) in [6.45, 7) is 5.39. The standard InChI is InChI=1S/C11H23NO3S/c1-3-15-11(14)9-10(2)12-5-8-16-7-4-6-13/h10,12-13H,3-9H2,1-2H3. The topological polar surface area (TPSA) is 58.6 Å². The van der Waals surface area contributed by atoms with E-state index in [0.29, 0.717) is 13.0 Å². The zero-order chi connectivity index (χ0) is 12.2. The van der Waals surface area contributed by atoms with E-state index < -0.39 is 0 Å². The first-order valence-electron chi connectivity index (χ1n) is 5.78. The lowest BCUT2D eigenvalue weighted by Crippen LogP contribution is -2.31. The second kappa shape index (κ2) is 11.2. The van der Waals surface area contributed by atoms with E-state index in [1.165, 1.54) is 0 Å². The molecule has 0 heterocycles. The van der Waals surface area contributed by atoms with Crippen molar-refractivity contribution in [2.75, 3.05) is 31.3 Å². The summed E-state index contributed by atoms with van der Waals surface area (Å²) in [5.41, 5.74) is 0. The van der Waals surface area contributed by atoms with Gasteiger partial charge in [0, 0.05) is 24.9 Å². The minimum absolute atomic E-state index is 0.143. The summed E-state index contributed by atoms with van der Waals surface area (Å²) in [6, 6.07) is 0.164. The van der Waals surface area contributed by atoms with Gasteiger partial charge in [-0.15, -0.1) is 0 Å². The van der Waals surface area contributed by atoms with Crippen LogP contribution in [0, 0.1) is 0 Å². The number of carbonyl (C=O) groups excluding carboxylic acids is 1. The molecule has 2 N–H and O–H groups in total. The molecule has 0 aliphatic rings. The number of esters is 1. The highest BCUT2D eigenvalue weighted by molar-refractivity contribution is 7.99. The Bertz CT molecular complexity index is 179. The van der Waals surface area contributed by atoms with E-state index in [0.717, 1.165) is 24.5 Å². The summed E-state index contributed by atoms with van der Waals surface area (Å²) in [6.07, 6.45) is 1.28. The fourth-order valence-corrected chi connectivity index (χ4v) is 1.99. The van der Waals surface area contributed by atoms with Crippen LogP contribution >= 0.6 is 11.8 Å². The quantitative estimate of drug-likeness (QED) is 0.447. The average molecular weight is 249 g/mol. The van der Waals surface area contributed by atoms with E-state index in [4.69, 9.17) is 9.84 Å². The van der Waals surface area contributed by atoms with Crippen molar-refractivity contribution in [2.24, 2.45) is 0 Å². The van der Waals surface area contributed by atoms with Crippen LogP contribution in [0.2, 0.25) is 0 Å². The maximum atomic E-state index is 11.1. The zero-order valence-corrected chi connectivity index (χ0v) is 11.0. The van der Waals surface area contributed by atoms with Crippen molar-refractivity contribution < 1.29 is 14.6 Å². The van der Waals surface area contributed by atoms with Gasteiger partial charge in [-0.05, 0) is 26.0 Å². The SMILES string of the molecule is CCOC(=O)CC(C)NCCSCCCO. The molecule has 0 aromatic heterocycles. The van der Waals surface area contributed by atoms with Gasteiger partial charge in [-0.2, -0.15) is 11.8 Å². The number of thioether (sulfide) groups is 1. The monoisotopic (exact) mass is 249 g/mol. The minimum Gasteiger partial charge on any atom is -0.466 e. The summed E-state index contributed by atoms with van der Waals surface area (Å²) in [4.78, 5) is 11.1. The highest BCUT2D eigenvalue weighted by Crippen LogP contribution is 2.01. The molecule has 0 saturated heterocycles. The van der Waals surface area contributed by atoms with Gasteiger partial charge in [0.2, 0.25) is 0 Å². The van der Waals surface area contributed by atoms with Crippen LogP contribution in [0.4, 0.5) is 0 Å². The number of hydrogen-bond donors (Lipinski definition) is 2. The van der Waals surface area contributed by atoms with Crippen LogP contribution in [-0.2, 0) is 9.53 Å². The summed E-state index contributed by atoms with van der Waals surface area (Å²) in [5, 5.41) is 11.8. The van der Waals surface area contributed by atoms with Crippen LogP contribution in [0.1, 0.15) is 26.7 Å². The van der Waals surface area contributed by atoms with Crippen molar-refractivity contribution in [1.29, 1.82) is 0 Å². The van der Waals surface area contributed by atoms with E-state index in [9.17, 15) is 4.79 Å². The summed E-state index contributed by atoms with van der Waals surface area (Å²) >= 11 is 1.81. The van der Waals surface area contributed by atoms with Crippen LogP contribution in [0.25, 0.3) is 0 Å². The summed E-state index contributed by atoms with van der Waals surface area (Å²) in [7, 11) is 0. The second-order valence-electron chi connectivity index (χ2n) is 3.55. The van der Waals surface area contributed by atoms with Crippen molar-refractivity contribution in [3.63, 3.8) is 0 Å². The Hall–Kier alpha value is -0.260. The predicted molar refractivity (Wildman–Crippen MR) is 67.7 cm³/mol. The van der Waals surface area contributed by atoms with Gasteiger partial charge in [0.25, 0.3) is 0 Å². The van der Waals surface area contributed by atoms with Crippen molar-refractivity contribution in [3.8, 4) is 0 Å². The van der Waals surface area contributed by atoms with Gasteiger partial charge in [-0.3, -0.25) is 4.79 Å². The fourth-order valence-electron chi connectivity index (χ4n) is 1.19. The molecular formula is C11H23NO3S. The molecule has 1 atom stereocenters. The van der Waals surface area contributed by atoms with Gasteiger partial charge < -0.3 is 15.2 Å². The van der Waals surface area contributed by atoms with Gasteiger partial charge >= 0.3 is 5.97 Å². The van der Waals surface area contributed by atoms with Gasteiger partial charge in [-0.1, -0.05) is 0 Å². The molecule has 0 spiro atoms. The molecule has 96 valence electrons. The van der Waals surface area contributed by atoms with Crippen LogP contribution in [0.15, 0.2) is 0 Å². The Balaban J connectivity index is 3.29. The lowest BCUT2D eigenvalue weighted by atomic mass is 10.2. The van der Waals surface area contributed by atoms with Crippen molar-refractivity contribution in [3.05, 3.63) is 0 Å². The third kappa shape index (κ3) is 10.3. The third-order valence-electron chi connectivity index (χ3n) is 1.96. The van der Waals surface area contributed by atoms with Gasteiger partial charge in [0.1, 0.15) is 0 Å². The highest BCUT2D eigenvalue weighted by atomic mass is 32.2. The number of aliphatic hydroxyl groups excluding tert-OH is 1. The first kappa shape index (κ1) is 15.7. The van der Waals surface area contributed by atoms with E-state index in [-0.39, 0.29) is 18.6 Å². The molecule has 0 aromatic carbocycles. The zero-order valence-electron chi connectivity index (χ0n) is 10.2. The number of rotatable bonds is 10. The molecule has 4 nitrogen and oxygen atoms in total. The number of aliphatic hydroxyl groups is 1. The van der Waals surface area contributed by atoms with E-state index in [2.05, 4.69) is 5.32 Å². The fraction of sp³-hybridized carbons (Fsp3) is 0.909. The Labute approximate surface area is 102 Å². The molecule has 16 heavy (non-hydrogen) atoms. The van der Waals surface area contributed by atoms with Crippen LogP contribution in [-0.4, -0.2) is 48.4 Å². The average Bonchev–Trinajstić information content (AvgIpc) is 2.23. The molecule has 0 fully saturated rings. The molecule has 0 saturated carbocycles. The largest absolute Gasteiger partial charge is 0.466 e. The number of nitrogens with one attached hydrogen (secondary N) is 1. The smallest absolute Gasteiger partial charge is 0.307 e. The van der Waals surface area contributed by atoms with E-state index in [1.807, 2.05) is 25.6 Å².